The first-order chi connectivity index (χ1) is 13.3. The van der Waals surface area contributed by atoms with Gasteiger partial charge in [-0.2, -0.15) is 4.31 Å². The first-order valence-corrected chi connectivity index (χ1v) is 11.3. The summed E-state index contributed by atoms with van der Waals surface area (Å²) in [6.07, 6.45) is 4.56. The molecular formula is C18H22N6O2S2. The first kappa shape index (κ1) is 19.0. The lowest BCUT2D eigenvalue weighted by Gasteiger charge is -2.23. The molecule has 1 fully saturated rings. The van der Waals surface area contributed by atoms with Gasteiger partial charge in [0.25, 0.3) is 10.0 Å². The predicted molar refractivity (Wildman–Crippen MR) is 108 cm³/mol. The lowest BCUT2D eigenvalue weighted by molar-refractivity contribution is 0.388. The number of aromatic nitrogens is 4. The molecule has 0 bridgehead atoms. The van der Waals surface area contributed by atoms with Gasteiger partial charge in [0.05, 0.1) is 23.8 Å². The molecule has 1 saturated heterocycles. The Bertz CT molecular complexity index is 1100. The van der Waals surface area contributed by atoms with E-state index in [-0.39, 0.29) is 11.1 Å². The number of sulfonamides is 1. The fourth-order valence-corrected chi connectivity index (χ4v) is 5.78. The highest BCUT2D eigenvalue weighted by atomic mass is 32.2. The van der Waals surface area contributed by atoms with E-state index >= 15 is 0 Å². The van der Waals surface area contributed by atoms with Crippen molar-refractivity contribution in [2.24, 2.45) is 7.05 Å². The molecule has 0 spiro atoms. The molecule has 0 amide bonds. The number of aryl methyl sites for hydroxylation is 3. The highest BCUT2D eigenvalue weighted by Gasteiger charge is 2.38. The number of anilines is 2. The molecule has 148 valence electrons. The smallest absolute Gasteiger partial charge is 0.262 e. The van der Waals surface area contributed by atoms with E-state index in [0.717, 1.165) is 40.7 Å². The van der Waals surface area contributed by atoms with Crippen LogP contribution in [0.2, 0.25) is 0 Å². The number of nitrogens with zero attached hydrogens (tertiary/aromatic N) is 5. The molecule has 3 aromatic rings. The minimum Gasteiger partial charge on any atom is -0.339 e. The van der Waals surface area contributed by atoms with Gasteiger partial charge in [0.2, 0.25) is 0 Å². The molecule has 0 saturated carbocycles. The zero-order valence-electron chi connectivity index (χ0n) is 16.0. The zero-order chi connectivity index (χ0) is 19.9. The standard InChI is InChI=1S/C18H22N6O2S2/c1-12-7-14(22-18-21-13(2)10-27-18)8-15(20-12)16-5-4-6-24(16)28(25,26)17-9-23(3)11-19-17/h7-11,16H,4-6H2,1-3H3,(H,20,21,22)/t16-/m0/s1. The van der Waals surface area contributed by atoms with E-state index in [1.165, 1.54) is 28.2 Å². The Morgan fingerprint density at radius 2 is 2.04 bits per heavy atom. The van der Waals surface area contributed by atoms with Crippen LogP contribution in [0.5, 0.6) is 0 Å². The van der Waals surface area contributed by atoms with E-state index in [1.54, 1.807) is 11.6 Å². The second-order valence-corrected chi connectivity index (χ2v) is 9.69. The van der Waals surface area contributed by atoms with Gasteiger partial charge in [-0.25, -0.2) is 18.4 Å². The molecule has 1 N–H and O–H groups in total. The number of nitrogens with one attached hydrogen (secondary N) is 1. The average Bonchev–Trinajstić information content (AvgIpc) is 3.35. The maximum Gasteiger partial charge on any atom is 0.262 e. The summed E-state index contributed by atoms with van der Waals surface area (Å²) in [6, 6.07) is 3.55. The van der Waals surface area contributed by atoms with Crippen LogP contribution in [-0.4, -0.2) is 38.8 Å². The molecule has 1 aliphatic rings. The van der Waals surface area contributed by atoms with Crippen LogP contribution in [0.3, 0.4) is 0 Å². The van der Waals surface area contributed by atoms with Crippen molar-refractivity contribution in [1.29, 1.82) is 0 Å². The highest BCUT2D eigenvalue weighted by molar-refractivity contribution is 7.89. The molecule has 0 unspecified atom stereocenters. The van der Waals surface area contributed by atoms with E-state index in [9.17, 15) is 8.42 Å². The summed E-state index contributed by atoms with van der Waals surface area (Å²) in [7, 11) is -1.91. The summed E-state index contributed by atoms with van der Waals surface area (Å²) in [4.78, 5) is 13.1. The van der Waals surface area contributed by atoms with Crippen molar-refractivity contribution < 1.29 is 8.42 Å². The van der Waals surface area contributed by atoms with Gasteiger partial charge in [-0.15, -0.1) is 11.3 Å². The molecule has 1 atom stereocenters. The third-order valence-electron chi connectivity index (χ3n) is 4.64. The molecule has 1 aliphatic heterocycles. The second kappa shape index (κ2) is 7.26. The summed E-state index contributed by atoms with van der Waals surface area (Å²) >= 11 is 1.53. The number of pyridine rings is 1. The molecule has 28 heavy (non-hydrogen) atoms. The van der Waals surface area contributed by atoms with E-state index < -0.39 is 10.0 Å². The Kier molecular flexibility index (Phi) is 4.94. The highest BCUT2D eigenvalue weighted by Crippen LogP contribution is 2.36. The predicted octanol–water partition coefficient (Wildman–Crippen LogP) is 3.16. The Labute approximate surface area is 168 Å². The van der Waals surface area contributed by atoms with Gasteiger partial charge in [-0.3, -0.25) is 4.98 Å². The third kappa shape index (κ3) is 3.67. The van der Waals surface area contributed by atoms with Crippen LogP contribution < -0.4 is 5.32 Å². The van der Waals surface area contributed by atoms with Crippen LogP contribution in [-0.2, 0) is 17.1 Å². The van der Waals surface area contributed by atoms with Crippen molar-refractivity contribution in [3.63, 3.8) is 0 Å². The van der Waals surface area contributed by atoms with Crippen molar-refractivity contribution >= 4 is 32.2 Å². The van der Waals surface area contributed by atoms with E-state index in [1.807, 2.05) is 31.4 Å². The maximum atomic E-state index is 13.1. The maximum absolute atomic E-state index is 13.1. The van der Waals surface area contributed by atoms with E-state index in [0.29, 0.717) is 6.54 Å². The lowest BCUT2D eigenvalue weighted by Crippen LogP contribution is -2.31. The molecule has 10 heteroatoms. The van der Waals surface area contributed by atoms with Crippen LogP contribution in [0.1, 0.15) is 36.0 Å². The summed E-state index contributed by atoms with van der Waals surface area (Å²) in [5, 5.41) is 6.16. The van der Waals surface area contributed by atoms with Gasteiger partial charge in [-0.05, 0) is 38.8 Å². The summed E-state index contributed by atoms with van der Waals surface area (Å²) in [5.41, 5.74) is 3.39. The van der Waals surface area contributed by atoms with Crippen LogP contribution >= 0.6 is 11.3 Å². The van der Waals surface area contributed by atoms with E-state index in [4.69, 9.17) is 0 Å². The van der Waals surface area contributed by atoms with Crippen LogP contribution in [0.4, 0.5) is 10.8 Å². The Hall–Kier alpha value is -2.30. The van der Waals surface area contributed by atoms with Crippen molar-refractivity contribution in [2.45, 2.75) is 37.8 Å². The van der Waals surface area contributed by atoms with Gasteiger partial charge in [0.15, 0.2) is 10.2 Å². The fraction of sp³-hybridized carbons (Fsp3) is 0.389. The number of rotatable bonds is 5. The van der Waals surface area contributed by atoms with Gasteiger partial charge < -0.3 is 9.88 Å². The number of hydrogen-bond donors (Lipinski definition) is 1. The molecule has 0 radical (unpaired) electrons. The molecule has 8 nitrogen and oxygen atoms in total. The monoisotopic (exact) mass is 418 g/mol. The Morgan fingerprint density at radius 1 is 1.21 bits per heavy atom. The zero-order valence-corrected chi connectivity index (χ0v) is 17.6. The van der Waals surface area contributed by atoms with Crippen molar-refractivity contribution in [3.8, 4) is 0 Å². The van der Waals surface area contributed by atoms with Gasteiger partial charge in [0.1, 0.15) is 0 Å². The Balaban J connectivity index is 1.65. The Morgan fingerprint density at radius 3 is 2.71 bits per heavy atom. The molecule has 4 heterocycles. The summed E-state index contributed by atoms with van der Waals surface area (Å²) in [5.74, 6) is 0. The van der Waals surface area contributed by atoms with Crippen LogP contribution in [0, 0.1) is 13.8 Å². The summed E-state index contributed by atoms with van der Waals surface area (Å²) in [6.45, 7) is 4.33. The molecule has 0 aliphatic carbocycles. The van der Waals surface area contributed by atoms with Gasteiger partial charge in [0, 0.05) is 36.6 Å². The van der Waals surface area contributed by atoms with Crippen molar-refractivity contribution in [2.75, 3.05) is 11.9 Å². The minimum atomic E-state index is -3.67. The first-order valence-electron chi connectivity index (χ1n) is 9.00. The second-order valence-electron chi connectivity index (χ2n) is 6.99. The normalized spacial score (nSPS) is 17.9. The average molecular weight is 419 g/mol. The van der Waals surface area contributed by atoms with Gasteiger partial charge in [-0.1, -0.05) is 0 Å². The molecule has 3 aromatic heterocycles. The lowest BCUT2D eigenvalue weighted by atomic mass is 10.1. The topological polar surface area (TPSA) is 93.0 Å². The van der Waals surface area contributed by atoms with E-state index in [2.05, 4.69) is 20.3 Å². The van der Waals surface area contributed by atoms with Crippen molar-refractivity contribution in [1.82, 2.24) is 23.8 Å². The SMILES string of the molecule is Cc1cc(Nc2nc(C)cs2)cc([C@@H]2CCCN2S(=O)(=O)c2cn(C)cn2)n1. The van der Waals surface area contributed by atoms with Crippen LogP contribution in [0.25, 0.3) is 0 Å². The molecule has 4 rings (SSSR count). The summed E-state index contributed by atoms with van der Waals surface area (Å²) < 4.78 is 29.3. The molecule has 0 aromatic carbocycles. The number of imidazole rings is 1. The quantitative estimate of drug-likeness (QED) is 0.684. The van der Waals surface area contributed by atoms with Gasteiger partial charge >= 0.3 is 0 Å². The van der Waals surface area contributed by atoms with Crippen LogP contribution in [0.15, 0.2) is 35.1 Å². The third-order valence-corrected chi connectivity index (χ3v) is 7.31. The molecular weight excluding hydrogens is 396 g/mol. The fourth-order valence-electron chi connectivity index (χ4n) is 3.44. The van der Waals surface area contributed by atoms with Crippen molar-refractivity contribution in [3.05, 3.63) is 47.1 Å². The largest absolute Gasteiger partial charge is 0.339 e. The number of hydrogen-bond acceptors (Lipinski definition) is 7. The number of thiazole rings is 1. The minimum absolute atomic E-state index is 0.0752.